The summed E-state index contributed by atoms with van der Waals surface area (Å²) in [6.07, 6.45) is 0. The predicted molar refractivity (Wildman–Crippen MR) is 93.6 cm³/mol. The Hall–Kier alpha value is -2.87. The minimum Gasteiger partial charge on any atom is -0.368 e. The second-order valence-electron chi connectivity index (χ2n) is 5.32. The van der Waals surface area contributed by atoms with Gasteiger partial charge < -0.3 is 10.6 Å². The van der Waals surface area contributed by atoms with Crippen LogP contribution in [0.25, 0.3) is 0 Å². The van der Waals surface area contributed by atoms with E-state index >= 15 is 0 Å². The van der Waals surface area contributed by atoms with Gasteiger partial charge >= 0.3 is 0 Å². The zero-order chi connectivity index (χ0) is 18.0. The lowest BCUT2D eigenvalue weighted by molar-refractivity contribution is -0.117. The molecule has 2 aromatic carbocycles. The summed E-state index contributed by atoms with van der Waals surface area (Å²) in [5.74, 6) is -1.59. The van der Waals surface area contributed by atoms with E-state index in [1.807, 2.05) is 0 Å². The summed E-state index contributed by atoms with van der Waals surface area (Å²) in [5.41, 5.74) is 6.17. The van der Waals surface area contributed by atoms with E-state index in [1.165, 1.54) is 29.2 Å². The molecule has 0 aromatic heterocycles. The highest BCUT2D eigenvalue weighted by atomic mass is 32.2. The first-order chi connectivity index (χ1) is 12.0. The van der Waals surface area contributed by atoms with Gasteiger partial charge in [0.2, 0.25) is 5.91 Å². The average Bonchev–Trinajstić information content (AvgIpc) is 2.89. The van der Waals surface area contributed by atoms with Gasteiger partial charge in [-0.3, -0.25) is 14.4 Å². The van der Waals surface area contributed by atoms with Crippen LogP contribution in [0.15, 0.2) is 54.6 Å². The molecular weight excluding hydrogens is 345 g/mol. The van der Waals surface area contributed by atoms with Crippen molar-refractivity contribution in [2.75, 3.05) is 16.3 Å². The Morgan fingerprint density at radius 1 is 1.12 bits per heavy atom. The number of hydrogen-bond donors (Lipinski definition) is 1. The lowest BCUT2D eigenvalue weighted by Gasteiger charge is -2.27. The first kappa shape index (κ1) is 17.0. The van der Waals surface area contributed by atoms with Crippen molar-refractivity contribution in [1.82, 2.24) is 0 Å². The molecule has 0 radical (unpaired) electrons. The molecule has 0 spiro atoms. The smallest absolute Gasteiger partial charge is 0.295 e. The van der Waals surface area contributed by atoms with Crippen molar-refractivity contribution < 1.29 is 18.8 Å². The molecule has 0 bridgehead atoms. The van der Waals surface area contributed by atoms with Crippen LogP contribution in [-0.4, -0.2) is 29.0 Å². The number of primary amides is 1. The first-order valence-corrected chi connectivity index (χ1v) is 8.25. The van der Waals surface area contributed by atoms with Crippen molar-refractivity contribution in [2.24, 2.45) is 5.73 Å². The Labute approximate surface area is 147 Å². The standard InChI is InChI=1S/C17H14FN3O3S/c18-11-6-8-13(9-7-11)21-15(23)16(25-17(21)24)20(10-14(19)22)12-4-2-1-3-5-12/h1-9,16H,10H2,(H2,19,22)/t16-/m1/s1. The van der Waals surface area contributed by atoms with Gasteiger partial charge in [-0.25, -0.2) is 9.29 Å². The molecule has 3 amide bonds. The number of hydrogen-bond acceptors (Lipinski definition) is 5. The molecule has 0 aliphatic carbocycles. The first-order valence-electron chi connectivity index (χ1n) is 7.37. The predicted octanol–water partition coefficient (Wildman–Crippen LogP) is 2.34. The van der Waals surface area contributed by atoms with Gasteiger partial charge in [0.25, 0.3) is 11.1 Å². The van der Waals surface area contributed by atoms with E-state index in [4.69, 9.17) is 5.73 Å². The summed E-state index contributed by atoms with van der Waals surface area (Å²) in [5, 5.41) is -1.42. The molecule has 128 valence electrons. The van der Waals surface area contributed by atoms with E-state index < -0.39 is 28.2 Å². The Morgan fingerprint density at radius 3 is 2.36 bits per heavy atom. The second kappa shape index (κ2) is 6.94. The molecule has 1 heterocycles. The van der Waals surface area contributed by atoms with Gasteiger partial charge in [0.1, 0.15) is 5.82 Å². The van der Waals surface area contributed by atoms with E-state index in [2.05, 4.69) is 0 Å². The fourth-order valence-electron chi connectivity index (χ4n) is 2.52. The Kier molecular flexibility index (Phi) is 4.71. The van der Waals surface area contributed by atoms with Crippen LogP contribution in [0.1, 0.15) is 0 Å². The van der Waals surface area contributed by atoms with Crippen LogP contribution in [0, 0.1) is 5.82 Å². The van der Waals surface area contributed by atoms with Crippen LogP contribution in [0.5, 0.6) is 0 Å². The zero-order valence-electron chi connectivity index (χ0n) is 13.0. The van der Waals surface area contributed by atoms with Gasteiger partial charge in [-0.05, 0) is 48.2 Å². The molecule has 1 aliphatic rings. The zero-order valence-corrected chi connectivity index (χ0v) is 13.8. The number of rotatable bonds is 5. The van der Waals surface area contributed by atoms with Crippen molar-refractivity contribution in [3.05, 3.63) is 60.4 Å². The van der Waals surface area contributed by atoms with Crippen LogP contribution >= 0.6 is 11.8 Å². The number of anilines is 2. The normalized spacial score (nSPS) is 17.0. The maximum atomic E-state index is 13.1. The third-order valence-corrected chi connectivity index (χ3v) is 4.67. The molecule has 25 heavy (non-hydrogen) atoms. The maximum Gasteiger partial charge on any atom is 0.295 e. The van der Waals surface area contributed by atoms with Crippen molar-refractivity contribution in [3.8, 4) is 0 Å². The van der Waals surface area contributed by atoms with Crippen LogP contribution in [-0.2, 0) is 9.59 Å². The number of nitrogens with zero attached hydrogens (tertiary/aromatic N) is 2. The topological polar surface area (TPSA) is 83.7 Å². The number of amides is 3. The van der Waals surface area contributed by atoms with Gasteiger partial charge in [-0.2, -0.15) is 0 Å². The largest absolute Gasteiger partial charge is 0.368 e. The number of thioether (sulfide) groups is 1. The lowest BCUT2D eigenvalue weighted by Crippen LogP contribution is -2.45. The van der Waals surface area contributed by atoms with Gasteiger partial charge in [0.05, 0.1) is 12.2 Å². The molecule has 3 rings (SSSR count). The van der Waals surface area contributed by atoms with Gasteiger partial charge in [-0.15, -0.1) is 0 Å². The van der Waals surface area contributed by atoms with Crippen molar-refractivity contribution in [1.29, 1.82) is 0 Å². The second-order valence-corrected chi connectivity index (χ2v) is 6.35. The van der Waals surface area contributed by atoms with Crippen molar-refractivity contribution in [2.45, 2.75) is 5.37 Å². The van der Waals surface area contributed by atoms with E-state index in [-0.39, 0.29) is 12.2 Å². The van der Waals surface area contributed by atoms with Gasteiger partial charge in [-0.1, -0.05) is 18.2 Å². The maximum absolute atomic E-state index is 13.1. The Balaban J connectivity index is 1.93. The molecular formula is C17H14FN3O3S. The van der Waals surface area contributed by atoms with E-state index in [0.717, 1.165) is 16.7 Å². The molecule has 1 atom stereocenters. The quantitative estimate of drug-likeness (QED) is 0.886. The number of carbonyl (C=O) groups is 3. The summed E-state index contributed by atoms with van der Waals surface area (Å²) in [4.78, 5) is 39.0. The summed E-state index contributed by atoms with van der Waals surface area (Å²) in [7, 11) is 0. The van der Waals surface area contributed by atoms with Gasteiger partial charge in [0.15, 0.2) is 5.37 Å². The van der Waals surface area contributed by atoms with E-state index in [0.29, 0.717) is 5.69 Å². The van der Waals surface area contributed by atoms with Gasteiger partial charge in [0, 0.05) is 5.69 Å². The van der Waals surface area contributed by atoms with Crippen LogP contribution in [0.3, 0.4) is 0 Å². The molecule has 1 aliphatic heterocycles. The van der Waals surface area contributed by atoms with Crippen LogP contribution in [0.4, 0.5) is 20.6 Å². The van der Waals surface area contributed by atoms with E-state index in [1.54, 1.807) is 30.3 Å². The minimum absolute atomic E-state index is 0.210. The molecule has 6 nitrogen and oxygen atoms in total. The average molecular weight is 359 g/mol. The summed E-state index contributed by atoms with van der Waals surface area (Å²) in [6.45, 7) is -0.210. The number of carbonyl (C=O) groups excluding carboxylic acids is 3. The highest BCUT2D eigenvalue weighted by Gasteiger charge is 2.44. The molecule has 0 saturated carbocycles. The number of nitrogens with two attached hydrogens (primary N) is 1. The summed E-state index contributed by atoms with van der Waals surface area (Å²) < 4.78 is 13.1. The van der Waals surface area contributed by atoms with E-state index in [9.17, 15) is 18.8 Å². The fourth-order valence-corrected chi connectivity index (χ4v) is 3.54. The Morgan fingerprint density at radius 2 is 1.76 bits per heavy atom. The molecule has 2 aromatic rings. The van der Waals surface area contributed by atoms with Crippen molar-refractivity contribution >= 4 is 40.2 Å². The van der Waals surface area contributed by atoms with Crippen LogP contribution < -0.4 is 15.5 Å². The summed E-state index contributed by atoms with van der Waals surface area (Å²) >= 11 is 0.788. The highest BCUT2D eigenvalue weighted by molar-refractivity contribution is 8.16. The fraction of sp³-hybridized carbons (Fsp3) is 0.118. The SMILES string of the molecule is NC(=O)CN(c1ccccc1)[C@@H]1SC(=O)N(c2ccc(F)cc2)C1=O. The van der Waals surface area contributed by atoms with Crippen molar-refractivity contribution in [3.63, 3.8) is 0 Å². The lowest BCUT2D eigenvalue weighted by atomic mass is 10.2. The number of para-hydroxylation sites is 1. The third kappa shape index (κ3) is 3.48. The Bertz CT molecular complexity index is 814. The molecule has 1 fully saturated rings. The van der Waals surface area contributed by atoms with Crippen LogP contribution in [0.2, 0.25) is 0 Å². The summed E-state index contributed by atoms with van der Waals surface area (Å²) in [6, 6.07) is 13.8. The molecule has 1 saturated heterocycles. The molecule has 2 N–H and O–H groups in total. The number of halogens is 1. The highest BCUT2D eigenvalue weighted by Crippen LogP contribution is 2.35. The number of benzene rings is 2. The number of imide groups is 1. The monoisotopic (exact) mass is 359 g/mol. The molecule has 0 unspecified atom stereocenters. The third-order valence-electron chi connectivity index (χ3n) is 3.61. The molecule has 8 heteroatoms. The minimum atomic E-state index is -0.924.